The van der Waals surface area contributed by atoms with Gasteiger partial charge in [0.05, 0.1) is 5.02 Å². The van der Waals surface area contributed by atoms with Crippen molar-refractivity contribution in [3.8, 4) is 11.4 Å². The van der Waals surface area contributed by atoms with Crippen LogP contribution in [0, 0.1) is 6.92 Å². The van der Waals surface area contributed by atoms with Gasteiger partial charge in [0, 0.05) is 62.2 Å². The number of halogens is 1. The summed E-state index contributed by atoms with van der Waals surface area (Å²) in [5.74, 6) is 0.697. The van der Waals surface area contributed by atoms with Crippen molar-refractivity contribution in [1.82, 2.24) is 19.2 Å². The minimum absolute atomic E-state index is 0.601. The summed E-state index contributed by atoms with van der Waals surface area (Å²) in [6.07, 6.45) is 3.36. The van der Waals surface area contributed by atoms with Crippen molar-refractivity contribution in [3.05, 3.63) is 58.9 Å². The molecule has 1 aromatic carbocycles. The number of aryl methyl sites for hydroxylation is 1. The second-order valence-corrected chi connectivity index (χ2v) is 7.65. The first-order valence-corrected chi connectivity index (χ1v) is 9.80. The van der Waals surface area contributed by atoms with Crippen LogP contribution in [0.3, 0.4) is 0 Å². The first-order valence-electron chi connectivity index (χ1n) is 8.65. The fourth-order valence-corrected chi connectivity index (χ4v) is 4.03. The van der Waals surface area contributed by atoms with Gasteiger partial charge in [0.25, 0.3) is 0 Å². The largest absolute Gasteiger partial charge is 0.344 e. The van der Waals surface area contributed by atoms with Crippen LogP contribution in [0.2, 0.25) is 5.02 Å². The second-order valence-electron chi connectivity index (χ2n) is 6.48. The van der Waals surface area contributed by atoms with Crippen molar-refractivity contribution in [2.24, 2.45) is 0 Å². The van der Waals surface area contributed by atoms with E-state index in [1.165, 1.54) is 22.7 Å². The van der Waals surface area contributed by atoms with Gasteiger partial charge in [-0.3, -0.25) is 9.88 Å². The van der Waals surface area contributed by atoms with Gasteiger partial charge in [-0.05, 0) is 24.1 Å². The van der Waals surface area contributed by atoms with Crippen LogP contribution < -0.4 is 4.90 Å². The molecule has 0 unspecified atom stereocenters. The van der Waals surface area contributed by atoms with Crippen LogP contribution in [0.1, 0.15) is 11.1 Å². The molecule has 4 rings (SSSR count). The summed E-state index contributed by atoms with van der Waals surface area (Å²) in [5.41, 5.74) is 3.63. The Kier molecular flexibility index (Phi) is 5.15. The van der Waals surface area contributed by atoms with Crippen molar-refractivity contribution >= 4 is 28.3 Å². The number of nitrogens with zero attached hydrogens (tertiary/aromatic N) is 5. The Bertz CT molecular complexity index is 889. The lowest BCUT2D eigenvalue weighted by atomic mass is 10.1. The molecular formula is C19H20ClN5S. The lowest BCUT2D eigenvalue weighted by molar-refractivity contribution is 0.249. The molecule has 2 aromatic heterocycles. The summed E-state index contributed by atoms with van der Waals surface area (Å²) >= 11 is 7.45. The predicted molar refractivity (Wildman–Crippen MR) is 107 cm³/mol. The normalized spacial score (nSPS) is 15.4. The number of benzene rings is 1. The molecule has 3 heterocycles. The summed E-state index contributed by atoms with van der Waals surface area (Å²) < 4.78 is 4.48. The highest BCUT2D eigenvalue weighted by atomic mass is 35.5. The number of anilines is 1. The quantitative estimate of drug-likeness (QED) is 0.681. The van der Waals surface area contributed by atoms with E-state index in [9.17, 15) is 0 Å². The Hall–Kier alpha value is -2.02. The molecule has 0 aliphatic carbocycles. The Morgan fingerprint density at radius 1 is 1.12 bits per heavy atom. The molecule has 0 bridgehead atoms. The van der Waals surface area contributed by atoms with Crippen LogP contribution in [-0.4, -0.2) is 45.4 Å². The van der Waals surface area contributed by atoms with Crippen LogP contribution >= 0.6 is 23.1 Å². The van der Waals surface area contributed by atoms with Gasteiger partial charge in [-0.15, -0.1) is 0 Å². The van der Waals surface area contributed by atoms with Crippen molar-refractivity contribution in [3.63, 3.8) is 0 Å². The van der Waals surface area contributed by atoms with E-state index < -0.39 is 0 Å². The molecule has 7 heteroatoms. The van der Waals surface area contributed by atoms with E-state index in [0.29, 0.717) is 10.8 Å². The van der Waals surface area contributed by atoms with E-state index in [1.807, 2.05) is 6.07 Å². The van der Waals surface area contributed by atoms with Crippen LogP contribution in [-0.2, 0) is 6.54 Å². The number of hydrogen-bond acceptors (Lipinski definition) is 6. The predicted octanol–water partition coefficient (Wildman–Crippen LogP) is 3.88. The monoisotopic (exact) mass is 385 g/mol. The van der Waals surface area contributed by atoms with Gasteiger partial charge in [0.2, 0.25) is 5.13 Å². The molecule has 1 aliphatic heterocycles. The van der Waals surface area contributed by atoms with Crippen molar-refractivity contribution < 1.29 is 0 Å². The van der Waals surface area contributed by atoms with Crippen LogP contribution in [0.25, 0.3) is 11.4 Å². The molecule has 0 amide bonds. The van der Waals surface area contributed by atoms with E-state index >= 15 is 0 Å². The third-order valence-corrected chi connectivity index (χ3v) is 5.66. The molecule has 0 spiro atoms. The Morgan fingerprint density at radius 3 is 2.69 bits per heavy atom. The van der Waals surface area contributed by atoms with Gasteiger partial charge in [0.1, 0.15) is 0 Å². The number of hydrogen-bond donors (Lipinski definition) is 0. The van der Waals surface area contributed by atoms with E-state index in [4.69, 9.17) is 11.6 Å². The molecule has 26 heavy (non-hydrogen) atoms. The summed E-state index contributed by atoms with van der Waals surface area (Å²) in [6.45, 7) is 7.18. The van der Waals surface area contributed by atoms with Crippen molar-refractivity contribution in [2.45, 2.75) is 13.5 Å². The third-order valence-electron chi connectivity index (χ3n) is 4.68. The van der Waals surface area contributed by atoms with E-state index in [1.54, 1.807) is 12.4 Å². The zero-order valence-corrected chi connectivity index (χ0v) is 16.2. The molecule has 0 atom stereocenters. The highest BCUT2D eigenvalue weighted by Crippen LogP contribution is 2.26. The molecule has 0 N–H and O–H groups in total. The average Bonchev–Trinajstić information content (AvgIpc) is 3.14. The minimum Gasteiger partial charge on any atom is -0.344 e. The standard InChI is InChI=1S/C19H20ClN5S/c1-14-4-2-3-5-15(14)13-24-6-8-25(9-7-24)19-22-18(23-26-19)16-10-17(20)12-21-11-16/h2-5,10-12H,6-9,13H2,1H3. The summed E-state index contributed by atoms with van der Waals surface area (Å²) in [5, 5.41) is 1.57. The van der Waals surface area contributed by atoms with Gasteiger partial charge in [-0.1, -0.05) is 35.9 Å². The lowest BCUT2D eigenvalue weighted by Crippen LogP contribution is -2.46. The van der Waals surface area contributed by atoms with Gasteiger partial charge >= 0.3 is 0 Å². The molecule has 0 saturated carbocycles. The molecule has 1 saturated heterocycles. The maximum absolute atomic E-state index is 6.01. The molecular weight excluding hydrogens is 366 g/mol. The molecule has 134 valence electrons. The van der Waals surface area contributed by atoms with Gasteiger partial charge in [-0.2, -0.15) is 9.36 Å². The van der Waals surface area contributed by atoms with E-state index in [0.717, 1.165) is 43.4 Å². The van der Waals surface area contributed by atoms with Crippen molar-refractivity contribution in [1.29, 1.82) is 0 Å². The average molecular weight is 386 g/mol. The zero-order valence-electron chi connectivity index (χ0n) is 14.6. The lowest BCUT2D eigenvalue weighted by Gasteiger charge is -2.34. The highest BCUT2D eigenvalue weighted by Gasteiger charge is 2.21. The first-order chi connectivity index (χ1) is 12.7. The van der Waals surface area contributed by atoms with Crippen LogP contribution in [0.15, 0.2) is 42.7 Å². The summed E-state index contributed by atoms with van der Waals surface area (Å²) in [6, 6.07) is 10.5. The number of rotatable bonds is 4. The minimum atomic E-state index is 0.601. The van der Waals surface area contributed by atoms with Crippen LogP contribution in [0.5, 0.6) is 0 Å². The van der Waals surface area contributed by atoms with E-state index in [2.05, 4.69) is 55.3 Å². The maximum Gasteiger partial charge on any atom is 0.205 e. The SMILES string of the molecule is Cc1ccccc1CN1CCN(c2nc(-c3cncc(Cl)c3)ns2)CC1. The smallest absolute Gasteiger partial charge is 0.205 e. The molecule has 5 nitrogen and oxygen atoms in total. The third kappa shape index (κ3) is 3.87. The van der Waals surface area contributed by atoms with Gasteiger partial charge < -0.3 is 4.90 Å². The summed E-state index contributed by atoms with van der Waals surface area (Å²) in [7, 11) is 0. The second kappa shape index (κ2) is 7.70. The Labute approximate surface area is 162 Å². The molecule has 1 aliphatic rings. The maximum atomic E-state index is 6.01. The van der Waals surface area contributed by atoms with E-state index in [-0.39, 0.29) is 0 Å². The van der Waals surface area contributed by atoms with Crippen molar-refractivity contribution in [2.75, 3.05) is 31.1 Å². The van der Waals surface area contributed by atoms with Crippen LogP contribution in [0.4, 0.5) is 5.13 Å². The summed E-state index contributed by atoms with van der Waals surface area (Å²) in [4.78, 5) is 13.6. The highest BCUT2D eigenvalue weighted by molar-refractivity contribution is 7.09. The fraction of sp³-hybridized carbons (Fsp3) is 0.316. The zero-order chi connectivity index (χ0) is 17.9. The van der Waals surface area contributed by atoms with Gasteiger partial charge in [-0.25, -0.2) is 0 Å². The Morgan fingerprint density at radius 2 is 1.92 bits per heavy atom. The molecule has 1 fully saturated rings. The number of aromatic nitrogens is 3. The molecule has 3 aromatic rings. The number of piperazine rings is 1. The topological polar surface area (TPSA) is 45.2 Å². The number of pyridine rings is 1. The van der Waals surface area contributed by atoms with Gasteiger partial charge in [0.15, 0.2) is 5.82 Å². The Balaban J connectivity index is 1.39. The molecule has 0 radical (unpaired) electrons. The fourth-order valence-electron chi connectivity index (χ4n) is 3.12. The first kappa shape index (κ1) is 17.4.